The Morgan fingerprint density at radius 1 is 1.29 bits per heavy atom. The van der Waals surface area contributed by atoms with Gasteiger partial charge >= 0.3 is 12.0 Å². The fourth-order valence-corrected chi connectivity index (χ4v) is 3.22. The second-order valence-electron chi connectivity index (χ2n) is 7.40. The molecule has 0 spiro atoms. The number of likely N-dealkylation sites (tertiary alicyclic amines) is 1. The van der Waals surface area contributed by atoms with Crippen LogP contribution in [0.25, 0.3) is 0 Å². The van der Waals surface area contributed by atoms with Crippen molar-refractivity contribution in [2.24, 2.45) is 0 Å². The Morgan fingerprint density at radius 2 is 2.00 bits per heavy atom. The summed E-state index contributed by atoms with van der Waals surface area (Å²) in [5, 5.41) is 30.9. The van der Waals surface area contributed by atoms with Crippen LogP contribution in [0, 0.1) is 0 Å². The molecule has 2 aromatic rings. The van der Waals surface area contributed by atoms with Crippen molar-refractivity contribution in [2.75, 3.05) is 13.1 Å². The quantitative estimate of drug-likeness (QED) is 0.719. The summed E-state index contributed by atoms with van der Waals surface area (Å²) in [6.45, 7) is 4.92. The fraction of sp³-hybridized carbons (Fsp3) is 0.474. The maximum Gasteiger partial charge on any atom is 0.335 e. The van der Waals surface area contributed by atoms with Crippen LogP contribution in [0.15, 0.2) is 30.5 Å². The summed E-state index contributed by atoms with van der Waals surface area (Å²) in [5.41, 5.74) is 0.255. The van der Waals surface area contributed by atoms with E-state index >= 15 is 0 Å². The van der Waals surface area contributed by atoms with E-state index in [1.807, 2.05) is 13.8 Å². The lowest BCUT2D eigenvalue weighted by atomic mass is 9.90. The number of urea groups is 1. The highest BCUT2D eigenvalue weighted by atomic mass is 16.4. The molecule has 1 aliphatic heterocycles. The molecule has 1 aliphatic rings. The molecule has 2 heterocycles. The number of carbonyl (C=O) groups is 2. The van der Waals surface area contributed by atoms with Gasteiger partial charge in [0, 0.05) is 19.1 Å². The number of benzene rings is 1. The first-order valence-corrected chi connectivity index (χ1v) is 9.28. The van der Waals surface area contributed by atoms with Crippen molar-refractivity contribution in [3.05, 3.63) is 47.3 Å². The molecule has 1 fully saturated rings. The molecule has 150 valence electrons. The predicted octanol–water partition coefficient (Wildman–Crippen LogP) is 1.75. The van der Waals surface area contributed by atoms with Gasteiger partial charge in [0.05, 0.1) is 18.3 Å². The highest BCUT2D eigenvalue weighted by molar-refractivity contribution is 5.87. The number of nitrogens with zero attached hydrogens (tertiary/aromatic N) is 4. The van der Waals surface area contributed by atoms with Gasteiger partial charge in [-0.1, -0.05) is 17.3 Å². The molecule has 9 nitrogen and oxygen atoms in total. The van der Waals surface area contributed by atoms with Crippen molar-refractivity contribution in [3.8, 4) is 0 Å². The minimum atomic E-state index is -1.22. The number of hydrogen-bond acceptors (Lipinski definition) is 5. The number of aromatic carboxylic acids is 1. The van der Waals surface area contributed by atoms with Crippen molar-refractivity contribution >= 4 is 12.0 Å². The van der Waals surface area contributed by atoms with E-state index in [4.69, 9.17) is 5.11 Å². The topological polar surface area (TPSA) is 121 Å². The number of rotatable bonds is 5. The van der Waals surface area contributed by atoms with Crippen LogP contribution in [0.2, 0.25) is 0 Å². The van der Waals surface area contributed by atoms with Gasteiger partial charge in [-0.2, -0.15) is 0 Å². The highest BCUT2D eigenvalue weighted by Crippen LogP contribution is 2.30. The van der Waals surface area contributed by atoms with Crippen LogP contribution in [0.4, 0.5) is 4.79 Å². The molecule has 0 radical (unpaired) electrons. The van der Waals surface area contributed by atoms with Crippen molar-refractivity contribution < 1.29 is 19.8 Å². The van der Waals surface area contributed by atoms with Crippen LogP contribution in [0.3, 0.4) is 0 Å². The third-order valence-corrected chi connectivity index (χ3v) is 4.92. The normalized spacial score (nSPS) is 19.6. The van der Waals surface area contributed by atoms with Crippen molar-refractivity contribution in [2.45, 2.75) is 44.9 Å². The summed E-state index contributed by atoms with van der Waals surface area (Å²) in [6, 6.07) is 6.20. The predicted molar refractivity (Wildman–Crippen MR) is 101 cm³/mol. The SMILES string of the molecule is CC(C)n1cc(C2(O)CCCN(C(=O)NCc3ccc(C(=O)O)cc3)C2)nn1. The highest BCUT2D eigenvalue weighted by Gasteiger charge is 2.39. The molecule has 0 aliphatic carbocycles. The van der Waals surface area contributed by atoms with Gasteiger partial charge < -0.3 is 20.4 Å². The largest absolute Gasteiger partial charge is 0.478 e. The van der Waals surface area contributed by atoms with Crippen molar-refractivity contribution in [3.63, 3.8) is 0 Å². The molecular weight excluding hydrogens is 362 g/mol. The number of carbonyl (C=O) groups excluding carboxylic acids is 1. The second kappa shape index (κ2) is 7.97. The third kappa shape index (κ3) is 4.30. The van der Waals surface area contributed by atoms with E-state index in [1.54, 1.807) is 27.9 Å². The molecule has 1 atom stereocenters. The number of nitrogens with one attached hydrogen (secondary N) is 1. The Morgan fingerprint density at radius 3 is 2.61 bits per heavy atom. The molecule has 3 rings (SSSR count). The number of carboxylic acid groups (broad SMARTS) is 1. The Balaban J connectivity index is 1.61. The van der Waals surface area contributed by atoms with E-state index in [1.165, 1.54) is 12.1 Å². The summed E-state index contributed by atoms with van der Waals surface area (Å²) < 4.78 is 1.69. The zero-order chi connectivity index (χ0) is 20.3. The number of β-amino-alcohol motifs (C(OH)–C–C–N with tert-alkyl or cyclic N) is 1. The molecule has 0 saturated carbocycles. The first-order valence-electron chi connectivity index (χ1n) is 9.28. The average molecular weight is 387 g/mol. The second-order valence-corrected chi connectivity index (χ2v) is 7.40. The first-order chi connectivity index (χ1) is 13.3. The summed E-state index contributed by atoms with van der Waals surface area (Å²) >= 11 is 0. The van der Waals surface area contributed by atoms with Gasteiger partial charge in [0.25, 0.3) is 0 Å². The van der Waals surface area contributed by atoms with Crippen molar-refractivity contribution in [1.29, 1.82) is 0 Å². The van der Waals surface area contributed by atoms with E-state index in [0.29, 0.717) is 25.1 Å². The van der Waals surface area contributed by atoms with E-state index in [0.717, 1.165) is 5.56 Å². The summed E-state index contributed by atoms with van der Waals surface area (Å²) in [4.78, 5) is 25.0. The van der Waals surface area contributed by atoms with Crippen LogP contribution in [0.1, 0.15) is 54.3 Å². The molecule has 1 saturated heterocycles. The lowest BCUT2D eigenvalue weighted by Gasteiger charge is -2.37. The molecule has 9 heteroatoms. The van der Waals surface area contributed by atoms with E-state index in [2.05, 4.69) is 15.6 Å². The Labute approximate surface area is 163 Å². The maximum atomic E-state index is 12.5. The Kier molecular flexibility index (Phi) is 5.64. The van der Waals surface area contributed by atoms with Crippen LogP contribution in [-0.4, -0.2) is 55.2 Å². The average Bonchev–Trinajstić information content (AvgIpc) is 3.18. The van der Waals surface area contributed by atoms with Crippen LogP contribution in [0.5, 0.6) is 0 Å². The lowest BCUT2D eigenvalue weighted by molar-refractivity contribution is -0.0265. The first kappa shape index (κ1) is 19.8. The Hall–Kier alpha value is -2.94. The van der Waals surface area contributed by atoms with Gasteiger partial charge in [-0.15, -0.1) is 5.10 Å². The molecule has 2 amide bonds. The molecule has 0 bridgehead atoms. The van der Waals surface area contributed by atoms with Gasteiger partial charge in [0.1, 0.15) is 11.3 Å². The number of carboxylic acids is 1. The van der Waals surface area contributed by atoms with Crippen molar-refractivity contribution in [1.82, 2.24) is 25.2 Å². The van der Waals surface area contributed by atoms with Crippen LogP contribution < -0.4 is 5.32 Å². The number of amides is 2. The molecular formula is C19H25N5O4. The van der Waals surface area contributed by atoms with Gasteiger partial charge in [-0.3, -0.25) is 0 Å². The Bertz CT molecular complexity index is 848. The van der Waals surface area contributed by atoms with E-state index in [9.17, 15) is 14.7 Å². The standard InChI is InChI=1S/C19H25N5O4/c1-13(2)24-11-16(21-22-24)19(28)8-3-9-23(12-19)18(27)20-10-14-4-6-15(7-5-14)17(25)26/h4-7,11,13,28H,3,8-10,12H2,1-2H3,(H,20,27)(H,25,26). The summed E-state index contributed by atoms with van der Waals surface area (Å²) in [7, 11) is 0. The monoisotopic (exact) mass is 387 g/mol. The molecule has 3 N–H and O–H groups in total. The maximum absolute atomic E-state index is 12.5. The number of piperidine rings is 1. The zero-order valence-electron chi connectivity index (χ0n) is 16.0. The third-order valence-electron chi connectivity index (χ3n) is 4.92. The zero-order valence-corrected chi connectivity index (χ0v) is 16.0. The lowest BCUT2D eigenvalue weighted by Crippen LogP contribution is -2.51. The minimum Gasteiger partial charge on any atom is -0.478 e. The van der Waals surface area contributed by atoms with Crippen LogP contribution >= 0.6 is 0 Å². The molecule has 1 aromatic carbocycles. The molecule has 1 aromatic heterocycles. The minimum absolute atomic E-state index is 0.139. The molecule has 28 heavy (non-hydrogen) atoms. The van der Waals surface area contributed by atoms with Gasteiger partial charge in [-0.25, -0.2) is 14.3 Å². The van der Waals surface area contributed by atoms with Gasteiger partial charge in [-0.05, 0) is 44.4 Å². The van der Waals surface area contributed by atoms with Gasteiger partial charge in [0.2, 0.25) is 0 Å². The van der Waals surface area contributed by atoms with E-state index in [-0.39, 0.29) is 30.7 Å². The summed E-state index contributed by atoms with van der Waals surface area (Å²) in [6.07, 6.45) is 2.91. The smallest absolute Gasteiger partial charge is 0.335 e. The van der Waals surface area contributed by atoms with Crippen LogP contribution in [-0.2, 0) is 12.1 Å². The van der Waals surface area contributed by atoms with Gasteiger partial charge in [0.15, 0.2) is 0 Å². The molecule has 1 unspecified atom stereocenters. The fourth-order valence-electron chi connectivity index (χ4n) is 3.22. The summed E-state index contributed by atoms with van der Waals surface area (Å²) in [5.74, 6) is -0.988. The number of hydrogen-bond donors (Lipinski definition) is 3. The number of aromatic nitrogens is 3. The van der Waals surface area contributed by atoms with E-state index < -0.39 is 11.6 Å². The number of aliphatic hydroxyl groups is 1.